The third kappa shape index (κ3) is 5.31. The Hall–Kier alpha value is -2.86. The molecule has 2 aromatic carbocycles. The van der Waals surface area contributed by atoms with E-state index in [2.05, 4.69) is 10.6 Å². The lowest BCUT2D eigenvalue weighted by Gasteiger charge is -2.17. The van der Waals surface area contributed by atoms with E-state index >= 15 is 0 Å². The Balaban J connectivity index is 1.60. The average molecular weight is 368 g/mol. The number of para-hydroxylation sites is 2. The van der Waals surface area contributed by atoms with E-state index in [0.717, 1.165) is 19.4 Å². The minimum atomic E-state index is -0.699. The Labute approximate surface area is 158 Å². The number of amides is 2. The van der Waals surface area contributed by atoms with Crippen molar-refractivity contribution in [2.75, 3.05) is 18.5 Å². The fourth-order valence-corrected chi connectivity index (χ4v) is 2.89. The molecule has 1 aliphatic heterocycles. The molecule has 1 fully saturated rings. The summed E-state index contributed by atoms with van der Waals surface area (Å²) in [5, 5.41) is 5.66. The number of hydrogen-bond acceptors (Lipinski definition) is 4. The normalized spacial score (nSPS) is 17.1. The highest BCUT2D eigenvalue weighted by Gasteiger charge is 2.20. The Morgan fingerprint density at radius 2 is 1.89 bits per heavy atom. The van der Waals surface area contributed by atoms with Crippen LogP contribution in [0.5, 0.6) is 5.75 Å². The third-order valence-electron chi connectivity index (χ3n) is 4.37. The maximum Gasteiger partial charge on any atom is 0.265 e. The van der Waals surface area contributed by atoms with Gasteiger partial charge in [0.15, 0.2) is 6.10 Å². The first-order chi connectivity index (χ1) is 13.1. The van der Waals surface area contributed by atoms with Crippen molar-refractivity contribution in [3.63, 3.8) is 0 Å². The van der Waals surface area contributed by atoms with E-state index in [-0.39, 0.29) is 17.9 Å². The van der Waals surface area contributed by atoms with Gasteiger partial charge in [0.1, 0.15) is 5.75 Å². The monoisotopic (exact) mass is 368 g/mol. The summed E-state index contributed by atoms with van der Waals surface area (Å²) in [6.45, 7) is 2.88. The summed E-state index contributed by atoms with van der Waals surface area (Å²) in [6, 6.07) is 16.1. The van der Waals surface area contributed by atoms with Gasteiger partial charge in [0.25, 0.3) is 11.8 Å². The second kappa shape index (κ2) is 9.19. The lowest BCUT2D eigenvalue weighted by molar-refractivity contribution is -0.122. The summed E-state index contributed by atoms with van der Waals surface area (Å²) < 4.78 is 11.2. The number of benzene rings is 2. The fraction of sp³-hybridized carbons (Fsp3) is 0.333. The predicted molar refractivity (Wildman–Crippen MR) is 103 cm³/mol. The zero-order valence-corrected chi connectivity index (χ0v) is 15.3. The van der Waals surface area contributed by atoms with Gasteiger partial charge in [-0.3, -0.25) is 9.59 Å². The van der Waals surface area contributed by atoms with Crippen molar-refractivity contribution >= 4 is 17.5 Å². The highest BCUT2D eigenvalue weighted by atomic mass is 16.5. The van der Waals surface area contributed by atoms with Gasteiger partial charge in [0.05, 0.1) is 17.4 Å². The zero-order chi connectivity index (χ0) is 19.1. The molecule has 27 heavy (non-hydrogen) atoms. The van der Waals surface area contributed by atoms with Crippen molar-refractivity contribution in [2.45, 2.75) is 32.0 Å². The molecule has 6 heteroatoms. The van der Waals surface area contributed by atoms with Gasteiger partial charge in [0, 0.05) is 13.2 Å². The van der Waals surface area contributed by atoms with Crippen molar-refractivity contribution in [2.24, 2.45) is 0 Å². The van der Waals surface area contributed by atoms with Crippen LogP contribution in [0.3, 0.4) is 0 Å². The minimum Gasteiger partial charge on any atom is -0.481 e. The number of carbonyl (C=O) groups is 2. The summed E-state index contributed by atoms with van der Waals surface area (Å²) in [7, 11) is 0. The third-order valence-corrected chi connectivity index (χ3v) is 4.37. The second-order valence-corrected chi connectivity index (χ2v) is 6.45. The van der Waals surface area contributed by atoms with E-state index < -0.39 is 6.10 Å². The van der Waals surface area contributed by atoms with Crippen LogP contribution in [-0.2, 0) is 9.53 Å². The summed E-state index contributed by atoms with van der Waals surface area (Å²) in [5.41, 5.74) is 0.867. The van der Waals surface area contributed by atoms with Crippen LogP contribution >= 0.6 is 0 Å². The molecular weight excluding hydrogens is 344 g/mol. The molecule has 2 amide bonds. The summed E-state index contributed by atoms with van der Waals surface area (Å²) in [5.74, 6) is 0.0546. The van der Waals surface area contributed by atoms with Crippen molar-refractivity contribution in [3.8, 4) is 5.75 Å². The van der Waals surface area contributed by atoms with Crippen LogP contribution in [0.25, 0.3) is 0 Å². The Kier molecular flexibility index (Phi) is 6.44. The summed E-state index contributed by atoms with van der Waals surface area (Å²) in [4.78, 5) is 25.0. The van der Waals surface area contributed by atoms with Crippen LogP contribution in [0.1, 0.15) is 30.1 Å². The van der Waals surface area contributed by atoms with Gasteiger partial charge < -0.3 is 20.1 Å². The molecule has 6 nitrogen and oxygen atoms in total. The molecule has 0 aromatic heterocycles. The molecule has 1 aliphatic rings. The average Bonchev–Trinajstić information content (AvgIpc) is 3.21. The molecule has 1 heterocycles. The van der Waals surface area contributed by atoms with E-state index in [1.807, 2.05) is 18.2 Å². The minimum absolute atomic E-state index is 0.0648. The van der Waals surface area contributed by atoms with Gasteiger partial charge in [-0.05, 0) is 44.0 Å². The van der Waals surface area contributed by atoms with E-state index in [9.17, 15) is 9.59 Å². The Bertz CT molecular complexity index is 773. The molecular formula is C21H24N2O4. The van der Waals surface area contributed by atoms with E-state index in [4.69, 9.17) is 9.47 Å². The summed E-state index contributed by atoms with van der Waals surface area (Å²) in [6.07, 6.45) is 1.34. The van der Waals surface area contributed by atoms with Gasteiger partial charge in [-0.1, -0.05) is 30.3 Å². The number of ether oxygens (including phenoxy) is 2. The van der Waals surface area contributed by atoms with Crippen LogP contribution in [0, 0.1) is 0 Å². The van der Waals surface area contributed by atoms with Crippen LogP contribution < -0.4 is 15.4 Å². The topological polar surface area (TPSA) is 76.7 Å². The number of nitrogens with one attached hydrogen (secondary N) is 2. The van der Waals surface area contributed by atoms with Gasteiger partial charge in [-0.2, -0.15) is 0 Å². The van der Waals surface area contributed by atoms with Gasteiger partial charge in [-0.15, -0.1) is 0 Å². The quantitative estimate of drug-likeness (QED) is 0.788. The van der Waals surface area contributed by atoms with Crippen molar-refractivity contribution in [3.05, 3.63) is 60.2 Å². The molecule has 2 unspecified atom stereocenters. The molecule has 3 rings (SSSR count). The first-order valence-corrected chi connectivity index (χ1v) is 9.15. The molecule has 2 N–H and O–H groups in total. The maximum atomic E-state index is 12.5. The number of anilines is 1. The SMILES string of the molecule is CC(Oc1ccccc1)C(=O)Nc1ccccc1C(=O)NCC1CCCO1. The van der Waals surface area contributed by atoms with E-state index in [1.165, 1.54) is 0 Å². The van der Waals surface area contributed by atoms with E-state index in [1.54, 1.807) is 43.3 Å². The zero-order valence-electron chi connectivity index (χ0n) is 15.3. The standard InChI is InChI=1S/C21H24N2O4/c1-15(27-16-8-3-2-4-9-16)20(24)23-19-12-6-5-11-18(19)21(25)22-14-17-10-7-13-26-17/h2-6,8-9,11-12,15,17H,7,10,13-14H2,1H3,(H,22,25)(H,23,24). The fourth-order valence-electron chi connectivity index (χ4n) is 2.89. The first kappa shape index (κ1) is 18.9. The molecule has 1 saturated heterocycles. The highest BCUT2D eigenvalue weighted by Crippen LogP contribution is 2.17. The maximum absolute atomic E-state index is 12.5. The molecule has 2 atom stereocenters. The van der Waals surface area contributed by atoms with Crippen LogP contribution in [0.4, 0.5) is 5.69 Å². The smallest absolute Gasteiger partial charge is 0.265 e. The lowest BCUT2D eigenvalue weighted by atomic mass is 10.1. The Morgan fingerprint density at radius 3 is 2.63 bits per heavy atom. The van der Waals surface area contributed by atoms with Gasteiger partial charge in [-0.25, -0.2) is 0 Å². The lowest BCUT2D eigenvalue weighted by Crippen LogP contribution is -2.34. The largest absolute Gasteiger partial charge is 0.481 e. The summed E-state index contributed by atoms with van der Waals surface area (Å²) >= 11 is 0. The molecule has 142 valence electrons. The molecule has 0 aliphatic carbocycles. The first-order valence-electron chi connectivity index (χ1n) is 9.15. The van der Waals surface area contributed by atoms with Gasteiger partial charge >= 0.3 is 0 Å². The van der Waals surface area contributed by atoms with Crippen LogP contribution in [0.15, 0.2) is 54.6 Å². The predicted octanol–water partition coefficient (Wildman–Crippen LogP) is 3.00. The van der Waals surface area contributed by atoms with Crippen molar-refractivity contribution < 1.29 is 19.1 Å². The molecule has 0 bridgehead atoms. The number of rotatable bonds is 7. The Morgan fingerprint density at radius 1 is 1.15 bits per heavy atom. The van der Waals surface area contributed by atoms with Crippen LogP contribution in [-0.4, -0.2) is 37.2 Å². The molecule has 0 spiro atoms. The number of hydrogen-bond donors (Lipinski definition) is 2. The van der Waals surface area contributed by atoms with Crippen LogP contribution in [0.2, 0.25) is 0 Å². The van der Waals surface area contributed by atoms with Crippen molar-refractivity contribution in [1.29, 1.82) is 0 Å². The number of carbonyl (C=O) groups excluding carboxylic acids is 2. The molecule has 0 saturated carbocycles. The van der Waals surface area contributed by atoms with E-state index in [0.29, 0.717) is 23.5 Å². The highest BCUT2D eigenvalue weighted by molar-refractivity contribution is 6.04. The molecule has 2 aromatic rings. The second-order valence-electron chi connectivity index (χ2n) is 6.45. The van der Waals surface area contributed by atoms with Gasteiger partial charge in [0.2, 0.25) is 0 Å². The molecule has 0 radical (unpaired) electrons. The van der Waals surface area contributed by atoms with Crippen molar-refractivity contribution in [1.82, 2.24) is 5.32 Å².